The van der Waals surface area contributed by atoms with E-state index in [1.165, 1.54) is 7.11 Å². The van der Waals surface area contributed by atoms with Crippen molar-refractivity contribution in [2.45, 2.75) is 38.1 Å². The van der Waals surface area contributed by atoms with E-state index in [0.29, 0.717) is 28.6 Å². The van der Waals surface area contributed by atoms with Gasteiger partial charge in [-0.1, -0.05) is 11.6 Å². The third-order valence-electron chi connectivity index (χ3n) is 5.39. The SMILES string of the molecule is COc1ccc(Cl)cc1NC(=O)c1nn(C2CCS(=O)(=O)C2)c2c1CCCC2. The molecule has 150 valence electrons. The van der Waals surface area contributed by atoms with Gasteiger partial charge in [-0.2, -0.15) is 5.10 Å². The van der Waals surface area contributed by atoms with Crippen LogP contribution in [-0.2, 0) is 22.7 Å². The highest BCUT2D eigenvalue weighted by molar-refractivity contribution is 7.91. The quantitative estimate of drug-likeness (QED) is 0.816. The number of hydrogen-bond donors (Lipinski definition) is 1. The summed E-state index contributed by atoms with van der Waals surface area (Å²) in [6.07, 6.45) is 4.13. The van der Waals surface area contributed by atoms with Crippen molar-refractivity contribution in [3.05, 3.63) is 40.2 Å². The van der Waals surface area contributed by atoms with Gasteiger partial charge in [-0.3, -0.25) is 9.48 Å². The number of amides is 1. The summed E-state index contributed by atoms with van der Waals surface area (Å²) in [5.41, 5.74) is 2.76. The second kappa shape index (κ2) is 7.40. The molecule has 28 heavy (non-hydrogen) atoms. The second-order valence-corrected chi connectivity index (χ2v) is 9.95. The molecule has 1 aromatic carbocycles. The monoisotopic (exact) mass is 423 g/mol. The molecule has 1 aliphatic heterocycles. The molecule has 1 unspecified atom stereocenters. The number of aromatic nitrogens is 2. The number of rotatable bonds is 4. The van der Waals surface area contributed by atoms with Gasteiger partial charge in [0, 0.05) is 16.3 Å². The Kier molecular flexibility index (Phi) is 5.09. The molecule has 0 spiro atoms. The number of fused-ring (bicyclic) bond motifs is 1. The summed E-state index contributed by atoms with van der Waals surface area (Å²) in [4.78, 5) is 13.0. The number of halogens is 1. The Morgan fingerprint density at radius 2 is 2.11 bits per heavy atom. The van der Waals surface area contributed by atoms with Gasteiger partial charge in [0.1, 0.15) is 5.75 Å². The third kappa shape index (κ3) is 3.63. The Balaban J connectivity index is 1.68. The fraction of sp³-hybridized carbons (Fsp3) is 0.474. The van der Waals surface area contributed by atoms with E-state index in [1.807, 2.05) is 0 Å². The van der Waals surface area contributed by atoms with Crippen molar-refractivity contribution in [1.82, 2.24) is 9.78 Å². The number of methoxy groups -OCH3 is 1. The fourth-order valence-corrected chi connectivity index (χ4v) is 5.90. The van der Waals surface area contributed by atoms with Gasteiger partial charge < -0.3 is 10.1 Å². The number of nitrogens with zero attached hydrogens (tertiary/aromatic N) is 2. The molecule has 0 saturated carbocycles. The average Bonchev–Trinajstić information content (AvgIpc) is 3.22. The van der Waals surface area contributed by atoms with Crippen LogP contribution in [0.4, 0.5) is 5.69 Å². The van der Waals surface area contributed by atoms with E-state index in [0.717, 1.165) is 36.9 Å². The third-order valence-corrected chi connectivity index (χ3v) is 7.37. The molecular formula is C19H22ClN3O4S. The summed E-state index contributed by atoms with van der Waals surface area (Å²) >= 11 is 6.05. The van der Waals surface area contributed by atoms with Crippen LogP contribution < -0.4 is 10.1 Å². The maximum absolute atomic E-state index is 13.0. The molecule has 1 atom stereocenters. The largest absolute Gasteiger partial charge is 0.495 e. The topological polar surface area (TPSA) is 90.3 Å². The minimum atomic E-state index is -3.04. The van der Waals surface area contributed by atoms with Gasteiger partial charge in [-0.25, -0.2) is 8.42 Å². The van der Waals surface area contributed by atoms with Crippen LogP contribution in [0.1, 0.15) is 47.1 Å². The minimum Gasteiger partial charge on any atom is -0.495 e. The van der Waals surface area contributed by atoms with Crippen LogP contribution in [-0.4, -0.2) is 42.7 Å². The van der Waals surface area contributed by atoms with Crippen LogP contribution >= 0.6 is 11.6 Å². The van der Waals surface area contributed by atoms with Crippen molar-refractivity contribution in [2.24, 2.45) is 0 Å². The summed E-state index contributed by atoms with van der Waals surface area (Å²) in [7, 11) is -1.51. The average molecular weight is 424 g/mol. The highest BCUT2D eigenvalue weighted by Gasteiger charge is 2.34. The zero-order valence-electron chi connectivity index (χ0n) is 15.6. The number of carbonyl (C=O) groups is 1. The number of sulfone groups is 1. The van der Waals surface area contributed by atoms with Crippen LogP contribution in [0.15, 0.2) is 18.2 Å². The molecule has 1 fully saturated rings. The molecule has 4 rings (SSSR count). The molecular weight excluding hydrogens is 402 g/mol. The van der Waals surface area contributed by atoms with Gasteiger partial charge in [0.25, 0.3) is 5.91 Å². The minimum absolute atomic E-state index is 0.0876. The first-order chi connectivity index (χ1) is 13.4. The Bertz CT molecular complexity index is 1030. The van der Waals surface area contributed by atoms with Crippen molar-refractivity contribution in [3.63, 3.8) is 0 Å². The molecule has 7 nitrogen and oxygen atoms in total. The number of nitrogens with one attached hydrogen (secondary N) is 1. The van der Waals surface area contributed by atoms with Gasteiger partial charge in [0.15, 0.2) is 15.5 Å². The Labute approximate surface area is 168 Å². The zero-order valence-corrected chi connectivity index (χ0v) is 17.1. The van der Waals surface area contributed by atoms with Crippen LogP contribution in [0.5, 0.6) is 5.75 Å². The van der Waals surface area contributed by atoms with E-state index in [-0.39, 0.29) is 23.5 Å². The fourth-order valence-electron chi connectivity index (χ4n) is 4.04. The Morgan fingerprint density at radius 1 is 1.32 bits per heavy atom. The molecule has 0 bridgehead atoms. The number of hydrogen-bond acceptors (Lipinski definition) is 5. The van der Waals surface area contributed by atoms with Crippen molar-refractivity contribution in [2.75, 3.05) is 23.9 Å². The van der Waals surface area contributed by atoms with E-state index in [2.05, 4.69) is 10.4 Å². The molecule has 0 radical (unpaired) electrons. The highest BCUT2D eigenvalue weighted by atomic mass is 35.5. The van der Waals surface area contributed by atoms with Crippen molar-refractivity contribution >= 4 is 33.0 Å². The maximum Gasteiger partial charge on any atom is 0.276 e. The van der Waals surface area contributed by atoms with Crippen molar-refractivity contribution in [1.29, 1.82) is 0 Å². The predicted octanol–water partition coefficient (Wildman–Crippen LogP) is 3.04. The van der Waals surface area contributed by atoms with E-state index < -0.39 is 9.84 Å². The molecule has 1 saturated heterocycles. The normalized spacial score (nSPS) is 20.6. The Morgan fingerprint density at radius 3 is 2.82 bits per heavy atom. The molecule has 1 aromatic heterocycles. The van der Waals surface area contributed by atoms with E-state index in [9.17, 15) is 13.2 Å². The highest BCUT2D eigenvalue weighted by Crippen LogP contribution is 2.33. The number of ether oxygens (including phenoxy) is 1. The van der Waals surface area contributed by atoms with Gasteiger partial charge in [0.2, 0.25) is 0 Å². The molecule has 2 aromatic rings. The first-order valence-electron chi connectivity index (χ1n) is 9.33. The lowest BCUT2D eigenvalue weighted by molar-refractivity contribution is 0.102. The van der Waals surface area contributed by atoms with Crippen LogP contribution in [0.2, 0.25) is 5.02 Å². The van der Waals surface area contributed by atoms with Gasteiger partial charge in [-0.15, -0.1) is 0 Å². The van der Waals surface area contributed by atoms with Crippen molar-refractivity contribution < 1.29 is 17.9 Å². The lowest BCUT2D eigenvalue weighted by Crippen LogP contribution is -2.17. The van der Waals surface area contributed by atoms with Crippen molar-refractivity contribution in [3.8, 4) is 5.75 Å². The molecule has 9 heteroatoms. The smallest absolute Gasteiger partial charge is 0.276 e. The molecule has 1 N–H and O–H groups in total. The summed E-state index contributed by atoms with van der Waals surface area (Å²) in [6, 6.07) is 4.81. The number of anilines is 1. The maximum atomic E-state index is 13.0. The molecule has 1 amide bonds. The first-order valence-corrected chi connectivity index (χ1v) is 11.5. The van der Waals surface area contributed by atoms with Crippen LogP contribution in [0.25, 0.3) is 0 Å². The second-order valence-electron chi connectivity index (χ2n) is 7.28. The standard InChI is InChI=1S/C19H22ClN3O4S/c1-27-17-7-6-12(20)10-15(17)21-19(24)18-14-4-2-3-5-16(14)23(22-18)13-8-9-28(25,26)11-13/h6-7,10,13H,2-5,8-9,11H2,1H3,(H,21,24). The van der Waals surface area contributed by atoms with Crippen LogP contribution in [0, 0.1) is 0 Å². The number of carbonyl (C=O) groups excluding carboxylic acids is 1. The van der Waals surface area contributed by atoms with Gasteiger partial charge >= 0.3 is 0 Å². The summed E-state index contributed by atoms with van der Waals surface area (Å²) in [5, 5.41) is 7.91. The molecule has 1 aliphatic carbocycles. The summed E-state index contributed by atoms with van der Waals surface area (Å²) in [6.45, 7) is 0. The first kappa shape index (κ1) is 19.3. The van der Waals surface area contributed by atoms with E-state index in [4.69, 9.17) is 16.3 Å². The predicted molar refractivity (Wildman–Crippen MR) is 107 cm³/mol. The van der Waals surface area contributed by atoms with E-state index >= 15 is 0 Å². The Hall–Kier alpha value is -2.06. The van der Waals surface area contributed by atoms with Crippen LogP contribution in [0.3, 0.4) is 0 Å². The molecule has 2 heterocycles. The number of benzene rings is 1. The lowest BCUT2D eigenvalue weighted by atomic mass is 9.95. The lowest BCUT2D eigenvalue weighted by Gasteiger charge is -2.17. The van der Waals surface area contributed by atoms with Gasteiger partial charge in [-0.05, 0) is 50.3 Å². The zero-order chi connectivity index (χ0) is 19.9. The molecule has 2 aliphatic rings. The van der Waals surface area contributed by atoms with Gasteiger partial charge in [0.05, 0.1) is 30.3 Å². The summed E-state index contributed by atoms with van der Waals surface area (Å²) in [5.74, 6) is 0.434. The summed E-state index contributed by atoms with van der Waals surface area (Å²) < 4.78 is 30.9. The van der Waals surface area contributed by atoms with E-state index in [1.54, 1.807) is 22.9 Å².